The first-order valence-electron chi connectivity index (χ1n) is 4.60. The minimum Gasteiger partial charge on any atom is -0.328 e. The average Bonchev–Trinajstić information content (AvgIpc) is 2.26. The zero-order valence-corrected chi connectivity index (χ0v) is 8.49. The summed E-state index contributed by atoms with van der Waals surface area (Å²) in [6.45, 7) is 2.66. The van der Waals surface area contributed by atoms with Crippen LogP contribution in [0.1, 0.15) is 17.3 Å². The summed E-state index contributed by atoms with van der Waals surface area (Å²) in [5, 5.41) is 0. The number of aromatic nitrogens is 1. The third kappa shape index (κ3) is 2.71. The van der Waals surface area contributed by atoms with Crippen molar-refractivity contribution in [2.75, 3.05) is 13.1 Å². The molecular formula is C11H12N2O2. The molecule has 0 saturated carbocycles. The Hall–Kier alpha value is -2.02. The molecule has 1 aromatic rings. The molecule has 4 nitrogen and oxygen atoms in total. The van der Waals surface area contributed by atoms with E-state index < -0.39 is 0 Å². The average molecular weight is 204 g/mol. The number of terminal acetylenes is 1. The molecule has 0 fully saturated rings. The number of rotatable bonds is 3. The van der Waals surface area contributed by atoms with Crippen LogP contribution in [0.3, 0.4) is 0 Å². The Morgan fingerprint density at radius 2 is 2.33 bits per heavy atom. The third-order valence-corrected chi connectivity index (χ3v) is 1.98. The number of carbonyl (C=O) groups excluding carboxylic acids is 1. The standard InChI is InChI=1S/C11H12N2O2/c1-3-7-13(4-2)11(15)9-5-6-10(14)12-8-9/h1,5-6,8H,4,7H2,2H3,(H,12,14). The lowest BCUT2D eigenvalue weighted by Crippen LogP contribution is -2.31. The van der Waals surface area contributed by atoms with Crippen molar-refractivity contribution in [3.8, 4) is 12.3 Å². The molecular weight excluding hydrogens is 192 g/mol. The van der Waals surface area contributed by atoms with E-state index in [9.17, 15) is 9.59 Å². The Morgan fingerprint density at radius 1 is 1.60 bits per heavy atom. The van der Waals surface area contributed by atoms with Crippen LogP contribution in [0.4, 0.5) is 0 Å². The topological polar surface area (TPSA) is 53.2 Å². The summed E-state index contributed by atoms with van der Waals surface area (Å²) in [7, 11) is 0. The van der Waals surface area contributed by atoms with Crippen LogP contribution in [0.2, 0.25) is 0 Å². The van der Waals surface area contributed by atoms with Gasteiger partial charge in [-0.15, -0.1) is 6.42 Å². The Bertz CT molecular complexity index is 422. The quantitative estimate of drug-likeness (QED) is 0.728. The second-order valence-corrected chi connectivity index (χ2v) is 2.97. The Kier molecular flexibility index (Phi) is 3.69. The molecule has 1 amide bonds. The zero-order valence-electron chi connectivity index (χ0n) is 8.49. The number of hydrogen-bond acceptors (Lipinski definition) is 2. The highest BCUT2D eigenvalue weighted by Gasteiger charge is 2.12. The van der Waals surface area contributed by atoms with Gasteiger partial charge in [-0.05, 0) is 13.0 Å². The molecule has 0 aliphatic rings. The fourth-order valence-corrected chi connectivity index (χ4v) is 1.16. The maximum absolute atomic E-state index is 11.8. The van der Waals surface area contributed by atoms with Crippen molar-refractivity contribution >= 4 is 5.91 Å². The number of aromatic amines is 1. The minimum atomic E-state index is -0.230. The number of nitrogens with one attached hydrogen (secondary N) is 1. The first-order valence-corrected chi connectivity index (χ1v) is 4.60. The Balaban J connectivity index is 2.88. The van der Waals surface area contributed by atoms with Crippen molar-refractivity contribution in [2.45, 2.75) is 6.92 Å². The summed E-state index contributed by atoms with van der Waals surface area (Å²) in [4.78, 5) is 26.6. The summed E-state index contributed by atoms with van der Waals surface area (Å²) in [6, 6.07) is 2.80. The first kappa shape index (κ1) is 11.1. The molecule has 0 bridgehead atoms. The second-order valence-electron chi connectivity index (χ2n) is 2.97. The molecule has 1 rings (SSSR count). The lowest BCUT2D eigenvalue weighted by Gasteiger charge is -2.17. The molecule has 0 aliphatic heterocycles. The van der Waals surface area contributed by atoms with E-state index in [0.717, 1.165) is 0 Å². The number of H-pyrrole nitrogens is 1. The van der Waals surface area contributed by atoms with Crippen LogP contribution in [-0.2, 0) is 0 Å². The van der Waals surface area contributed by atoms with E-state index in [-0.39, 0.29) is 18.0 Å². The van der Waals surface area contributed by atoms with Crippen molar-refractivity contribution in [1.82, 2.24) is 9.88 Å². The van der Waals surface area contributed by atoms with Crippen molar-refractivity contribution in [3.63, 3.8) is 0 Å². The van der Waals surface area contributed by atoms with Crippen LogP contribution >= 0.6 is 0 Å². The summed E-state index contributed by atoms with van der Waals surface area (Å²) < 4.78 is 0. The first-order chi connectivity index (χ1) is 7.19. The third-order valence-electron chi connectivity index (χ3n) is 1.98. The molecule has 0 spiro atoms. The monoisotopic (exact) mass is 204 g/mol. The molecule has 1 heterocycles. The van der Waals surface area contributed by atoms with Gasteiger partial charge >= 0.3 is 0 Å². The molecule has 0 radical (unpaired) electrons. The number of nitrogens with zero attached hydrogens (tertiary/aromatic N) is 1. The van der Waals surface area contributed by atoms with E-state index in [1.807, 2.05) is 6.92 Å². The molecule has 0 saturated heterocycles. The largest absolute Gasteiger partial charge is 0.328 e. The van der Waals surface area contributed by atoms with Gasteiger partial charge in [-0.25, -0.2) is 0 Å². The molecule has 4 heteroatoms. The SMILES string of the molecule is C#CCN(CC)C(=O)c1ccc(=O)[nH]c1. The van der Waals surface area contributed by atoms with Crippen LogP contribution in [0.15, 0.2) is 23.1 Å². The van der Waals surface area contributed by atoms with E-state index in [0.29, 0.717) is 12.1 Å². The molecule has 1 N–H and O–H groups in total. The van der Waals surface area contributed by atoms with Crippen molar-refractivity contribution in [2.24, 2.45) is 0 Å². The van der Waals surface area contributed by atoms with Gasteiger partial charge in [0, 0.05) is 18.8 Å². The minimum absolute atomic E-state index is 0.174. The van der Waals surface area contributed by atoms with Crippen LogP contribution in [-0.4, -0.2) is 28.9 Å². The Morgan fingerprint density at radius 3 is 2.80 bits per heavy atom. The number of hydrogen-bond donors (Lipinski definition) is 1. The smallest absolute Gasteiger partial charge is 0.256 e. The van der Waals surface area contributed by atoms with Crippen molar-refractivity contribution < 1.29 is 4.79 Å². The fraction of sp³-hybridized carbons (Fsp3) is 0.273. The van der Waals surface area contributed by atoms with E-state index in [1.54, 1.807) is 0 Å². The zero-order chi connectivity index (χ0) is 11.3. The fourth-order valence-electron chi connectivity index (χ4n) is 1.16. The van der Waals surface area contributed by atoms with Gasteiger partial charge in [-0.3, -0.25) is 9.59 Å². The lowest BCUT2D eigenvalue weighted by atomic mass is 10.2. The normalized spacial score (nSPS) is 9.33. The predicted octanol–water partition coefficient (Wildman–Crippen LogP) is 0.470. The summed E-state index contributed by atoms with van der Waals surface area (Å²) in [5.41, 5.74) is 0.207. The maximum atomic E-state index is 11.8. The highest BCUT2D eigenvalue weighted by atomic mass is 16.2. The van der Waals surface area contributed by atoms with E-state index in [1.165, 1.54) is 23.2 Å². The van der Waals surface area contributed by atoms with Crippen LogP contribution in [0.5, 0.6) is 0 Å². The van der Waals surface area contributed by atoms with Gasteiger partial charge in [0.25, 0.3) is 5.91 Å². The number of pyridine rings is 1. The van der Waals surface area contributed by atoms with Crippen LogP contribution in [0, 0.1) is 12.3 Å². The molecule has 0 atom stereocenters. The molecule has 1 aromatic heterocycles. The maximum Gasteiger partial charge on any atom is 0.256 e. The molecule has 15 heavy (non-hydrogen) atoms. The van der Waals surface area contributed by atoms with Gasteiger partial charge < -0.3 is 9.88 Å². The van der Waals surface area contributed by atoms with E-state index >= 15 is 0 Å². The molecule has 0 aliphatic carbocycles. The van der Waals surface area contributed by atoms with Gasteiger partial charge in [0.2, 0.25) is 5.56 Å². The van der Waals surface area contributed by atoms with Crippen molar-refractivity contribution in [3.05, 3.63) is 34.2 Å². The molecule has 0 unspecified atom stereocenters. The summed E-state index contributed by atoms with van der Waals surface area (Å²) in [6.07, 6.45) is 6.54. The van der Waals surface area contributed by atoms with E-state index in [4.69, 9.17) is 6.42 Å². The predicted molar refractivity (Wildman–Crippen MR) is 57.5 cm³/mol. The number of carbonyl (C=O) groups is 1. The van der Waals surface area contributed by atoms with Gasteiger partial charge in [0.05, 0.1) is 12.1 Å². The second kappa shape index (κ2) is 5.01. The van der Waals surface area contributed by atoms with Crippen LogP contribution in [0.25, 0.3) is 0 Å². The lowest BCUT2D eigenvalue weighted by molar-refractivity contribution is 0.0784. The van der Waals surface area contributed by atoms with Gasteiger partial charge in [0.1, 0.15) is 0 Å². The number of amides is 1. The Labute approximate surface area is 87.9 Å². The summed E-state index contributed by atoms with van der Waals surface area (Å²) in [5.74, 6) is 2.24. The summed E-state index contributed by atoms with van der Waals surface area (Å²) >= 11 is 0. The molecule has 0 aromatic carbocycles. The van der Waals surface area contributed by atoms with Crippen molar-refractivity contribution in [1.29, 1.82) is 0 Å². The van der Waals surface area contributed by atoms with E-state index in [2.05, 4.69) is 10.9 Å². The van der Waals surface area contributed by atoms with Gasteiger partial charge in [0.15, 0.2) is 0 Å². The highest BCUT2D eigenvalue weighted by Crippen LogP contribution is 2.00. The van der Waals surface area contributed by atoms with Gasteiger partial charge in [-0.2, -0.15) is 0 Å². The highest BCUT2D eigenvalue weighted by molar-refractivity contribution is 5.94. The van der Waals surface area contributed by atoms with Gasteiger partial charge in [-0.1, -0.05) is 5.92 Å². The molecule has 78 valence electrons. The van der Waals surface area contributed by atoms with Crippen LogP contribution < -0.4 is 5.56 Å².